The number of amidine groups is 1. The molecule has 182 valence electrons. The number of benzene rings is 1. The summed E-state index contributed by atoms with van der Waals surface area (Å²) < 4.78 is 21.2. The van der Waals surface area contributed by atoms with Crippen molar-refractivity contribution in [3.8, 4) is 11.8 Å². The van der Waals surface area contributed by atoms with Crippen molar-refractivity contribution in [3.63, 3.8) is 0 Å². The van der Waals surface area contributed by atoms with Crippen LogP contribution >= 0.6 is 0 Å². The third-order valence-electron chi connectivity index (χ3n) is 7.30. The zero-order valence-electron chi connectivity index (χ0n) is 19.9. The molecule has 2 aromatic rings. The van der Waals surface area contributed by atoms with Gasteiger partial charge in [-0.1, -0.05) is 17.7 Å². The lowest BCUT2D eigenvalue weighted by Crippen LogP contribution is -2.35. The van der Waals surface area contributed by atoms with Crippen LogP contribution in [0.15, 0.2) is 40.4 Å². The van der Waals surface area contributed by atoms with Crippen LogP contribution in [0.1, 0.15) is 43.7 Å². The molecule has 0 amide bonds. The highest BCUT2D eigenvalue weighted by Gasteiger charge is 2.28. The highest BCUT2D eigenvalue weighted by molar-refractivity contribution is 6.05. The molecule has 8 heteroatoms. The smallest absolute Gasteiger partial charge is 0.326 e. The number of anilines is 2. The first-order valence-corrected chi connectivity index (χ1v) is 12.5. The number of ether oxygens (including phenoxy) is 1. The summed E-state index contributed by atoms with van der Waals surface area (Å²) in [7, 11) is 0. The molecule has 2 aliphatic carbocycles. The predicted molar refractivity (Wildman–Crippen MR) is 135 cm³/mol. The minimum absolute atomic E-state index is 0.0943. The molecule has 0 atom stereocenters. The van der Waals surface area contributed by atoms with Gasteiger partial charge in [-0.3, -0.25) is 4.99 Å². The second-order valence-corrected chi connectivity index (χ2v) is 10.0. The summed E-state index contributed by atoms with van der Waals surface area (Å²) in [5, 5.41) is 12.8. The number of fused-ring (bicyclic) bond motifs is 1. The van der Waals surface area contributed by atoms with Crippen molar-refractivity contribution >= 4 is 23.5 Å². The lowest BCUT2D eigenvalue weighted by atomic mass is 9.98. The number of rotatable bonds is 6. The van der Waals surface area contributed by atoms with Gasteiger partial charge in [0.1, 0.15) is 17.5 Å². The quantitative estimate of drug-likeness (QED) is 0.628. The summed E-state index contributed by atoms with van der Waals surface area (Å²) in [4.78, 5) is 16.0. The summed E-state index contributed by atoms with van der Waals surface area (Å²) in [6.07, 6.45) is 9.02. The summed E-state index contributed by atoms with van der Waals surface area (Å²) >= 11 is 0. The molecule has 1 aromatic carbocycles. The monoisotopic (exact) mass is 475 g/mol. The maximum absolute atomic E-state index is 15.2. The lowest BCUT2D eigenvalue weighted by molar-refractivity contribution is 0.202. The van der Waals surface area contributed by atoms with E-state index in [0.717, 1.165) is 61.7 Å². The van der Waals surface area contributed by atoms with E-state index in [1.807, 2.05) is 25.1 Å². The van der Waals surface area contributed by atoms with E-state index in [2.05, 4.69) is 31.3 Å². The number of hydrogen-bond acceptors (Lipinski definition) is 7. The molecule has 0 unspecified atom stereocenters. The van der Waals surface area contributed by atoms with E-state index < -0.39 is 0 Å². The second-order valence-electron chi connectivity index (χ2n) is 10.0. The van der Waals surface area contributed by atoms with Crippen molar-refractivity contribution in [2.45, 2.75) is 39.0 Å². The summed E-state index contributed by atoms with van der Waals surface area (Å²) in [5.74, 6) is 2.79. The number of aromatic nitrogens is 2. The van der Waals surface area contributed by atoms with Crippen LogP contribution in [0, 0.1) is 17.7 Å². The number of aliphatic hydroxyl groups is 1. The standard InChI is InChI=1S/C27H30FN5O2/c1-16-10-19-4-5-22(26(28)21(19)11-16)35-27-31-24(30-23-12-20(14-29-23)18-2-3-18)13-25(32-27)33-8-6-17(15-34)7-9-33/h4-5,11-13,17-18,34H,2-3,6-10,14-15H2,1H3,(H,29,30,31,32). The van der Waals surface area contributed by atoms with Crippen LogP contribution in [0.5, 0.6) is 11.8 Å². The Morgan fingerprint density at radius 3 is 2.74 bits per heavy atom. The SMILES string of the molecule is CC1=Cc2c(ccc(Oc3nc(NC4=NCC(C5CC5)=C4)cc(N4CCC(CO)CC4)n3)c2F)C1. The summed E-state index contributed by atoms with van der Waals surface area (Å²) in [6.45, 7) is 4.51. The Morgan fingerprint density at radius 2 is 1.97 bits per heavy atom. The molecule has 0 radical (unpaired) electrons. The zero-order valence-corrected chi connectivity index (χ0v) is 19.9. The van der Waals surface area contributed by atoms with Gasteiger partial charge in [-0.25, -0.2) is 4.39 Å². The van der Waals surface area contributed by atoms with E-state index in [9.17, 15) is 5.11 Å². The van der Waals surface area contributed by atoms with Gasteiger partial charge < -0.3 is 20.1 Å². The molecule has 2 aliphatic heterocycles. The highest BCUT2D eigenvalue weighted by Crippen LogP contribution is 2.38. The van der Waals surface area contributed by atoms with Gasteiger partial charge in [-0.15, -0.1) is 0 Å². The Bertz CT molecular complexity index is 1240. The molecule has 1 saturated carbocycles. The summed E-state index contributed by atoms with van der Waals surface area (Å²) in [5.41, 5.74) is 4.04. The van der Waals surface area contributed by atoms with Crippen LogP contribution in [-0.2, 0) is 6.42 Å². The van der Waals surface area contributed by atoms with Gasteiger partial charge in [0, 0.05) is 31.3 Å². The van der Waals surface area contributed by atoms with Gasteiger partial charge in [-0.2, -0.15) is 9.97 Å². The van der Waals surface area contributed by atoms with Crippen molar-refractivity contribution in [1.82, 2.24) is 9.97 Å². The van der Waals surface area contributed by atoms with Crippen LogP contribution in [0.3, 0.4) is 0 Å². The summed E-state index contributed by atoms with van der Waals surface area (Å²) in [6, 6.07) is 5.54. The fraction of sp³-hybridized carbons (Fsp3) is 0.444. The van der Waals surface area contributed by atoms with Crippen molar-refractivity contribution in [1.29, 1.82) is 0 Å². The Kier molecular flexibility index (Phi) is 5.76. The molecule has 0 spiro atoms. The number of nitrogens with one attached hydrogen (secondary N) is 1. The van der Waals surface area contributed by atoms with Crippen molar-refractivity contribution in [2.24, 2.45) is 16.8 Å². The Hall–Kier alpha value is -3.26. The minimum atomic E-state index is -0.385. The van der Waals surface area contributed by atoms with Crippen LogP contribution in [0.2, 0.25) is 0 Å². The van der Waals surface area contributed by atoms with E-state index in [1.165, 1.54) is 18.4 Å². The molecule has 6 rings (SSSR count). The van der Waals surface area contributed by atoms with Crippen LogP contribution in [-0.4, -0.2) is 47.2 Å². The highest BCUT2D eigenvalue weighted by atomic mass is 19.1. The molecule has 35 heavy (non-hydrogen) atoms. The van der Waals surface area contributed by atoms with Crippen molar-refractivity contribution < 1.29 is 14.2 Å². The van der Waals surface area contributed by atoms with Crippen LogP contribution in [0.25, 0.3) is 6.08 Å². The van der Waals surface area contributed by atoms with E-state index >= 15 is 4.39 Å². The fourth-order valence-corrected chi connectivity index (χ4v) is 5.08. The second kappa shape index (κ2) is 9.07. The first-order chi connectivity index (χ1) is 17.1. The fourth-order valence-electron chi connectivity index (χ4n) is 5.08. The van der Waals surface area contributed by atoms with Crippen LogP contribution in [0.4, 0.5) is 16.0 Å². The first kappa shape index (κ1) is 22.2. The molecular weight excluding hydrogens is 445 g/mol. The molecule has 0 bridgehead atoms. The Labute approximate surface area is 204 Å². The van der Waals surface area contributed by atoms with Crippen LogP contribution < -0.4 is 15.0 Å². The number of piperidine rings is 1. The number of halogens is 1. The van der Waals surface area contributed by atoms with Gasteiger partial charge in [0.05, 0.1) is 6.54 Å². The molecule has 2 fully saturated rings. The van der Waals surface area contributed by atoms with Gasteiger partial charge in [0.15, 0.2) is 11.6 Å². The van der Waals surface area contributed by atoms with E-state index in [-0.39, 0.29) is 24.2 Å². The molecule has 3 heterocycles. The van der Waals surface area contributed by atoms with E-state index in [1.54, 1.807) is 6.07 Å². The van der Waals surface area contributed by atoms with Gasteiger partial charge in [0.2, 0.25) is 0 Å². The van der Waals surface area contributed by atoms with E-state index in [0.29, 0.717) is 23.2 Å². The molecule has 1 saturated heterocycles. The van der Waals surface area contributed by atoms with Gasteiger partial charge in [-0.05, 0) is 74.1 Å². The minimum Gasteiger partial charge on any atom is -0.421 e. The van der Waals surface area contributed by atoms with E-state index in [4.69, 9.17) is 4.74 Å². The van der Waals surface area contributed by atoms with Gasteiger partial charge in [0.25, 0.3) is 0 Å². The largest absolute Gasteiger partial charge is 0.421 e. The maximum atomic E-state index is 15.2. The molecule has 7 nitrogen and oxygen atoms in total. The van der Waals surface area contributed by atoms with Crippen molar-refractivity contribution in [3.05, 3.63) is 52.4 Å². The Morgan fingerprint density at radius 1 is 1.14 bits per heavy atom. The average molecular weight is 476 g/mol. The first-order valence-electron chi connectivity index (χ1n) is 12.5. The number of allylic oxidation sites excluding steroid dienone is 1. The molecule has 4 aliphatic rings. The average Bonchev–Trinajstić information content (AvgIpc) is 3.49. The third-order valence-corrected chi connectivity index (χ3v) is 7.30. The number of nitrogens with zero attached hydrogens (tertiary/aromatic N) is 4. The number of aliphatic hydroxyl groups excluding tert-OH is 1. The number of hydrogen-bond donors (Lipinski definition) is 2. The molecule has 2 N–H and O–H groups in total. The topological polar surface area (TPSA) is 82.9 Å². The normalized spacial score (nSPS) is 19.9. The predicted octanol–water partition coefficient (Wildman–Crippen LogP) is 4.74. The zero-order chi connectivity index (χ0) is 23.9. The van der Waals surface area contributed by atoms with Crippen molar-refractivity contribution in [2.75, 3.05) is 36.5 Å². The Balaban J connectivity index is 1.29. The third kappa shape index (κ3) is 4.67. The maximum Gasteiger partial charge on any atom is 0.326 e. The van der Waals surface area contributed by atoms with Gasteiger partial charge >= 0.3 is 6.01 Å². The number of aliphatic imine (C=N–C) groups is 1. The lowest BCUT2D eigenvalue weighted by Gasteiger charge is -2.32. The molecule has 1 aromatic heterocycles. The molecular formula is C27H30FN5O2.